The van der Waals surface area contributed by atoms with Crippen LogP contribution < -0.4 is 0 Å². The molecule has 1 aliphatic rings. The maximum Gasteiger partial charge on any atom is 0.325 e. The van der Waals surface area contributed by atoms with Crippen molar-refractivity contribution >= 4 is 17.4 Å². The van der Waals surface area contributed by atoms with Gasteiger partial charge in [-0.15, -0.1) is 0 Å². The highest BCUT2D eigenvalue weighted by atomic mass is 16.4. The van der Waals surface area contributed by atoms with Gasteiger partial charge in [-0.2, -0.15) is 10.2 Å². The monoisotopic (exact) mass is 353 g/mol. The summed E-state index contributed by atoms with van der Waals surface area (Å²) in [6.45, 7) is 1.06. The van der Waals surface area contributed by atoms with E-state index in [0.717, 1.165) is 24.1 Å². The number of carbonyl (C=O) groups excluding carboxylic acids is 1. The lowest BCUT2D eigenvalue weighted by Gasteiger charge is -2.33. The van der Waals surface area contributed by atoms with Crippen molar-refractivity contribution in [3.63, 3.8) is 0 Å². The van der Waals surface area contributed by atoms with Gasteiger partial charge in [0.15, 0.2) is 0 Å². The highest BCUT2D eigenvalue weighted by Gasteiger charge is 2.28. The van der Waals surface area contributed by atoms with Crippen LogP contribution >= 0.6 is 0 Å². The van der Waals surface area contributed by atoms with Crippen molar-refractivity contribution in [1.29, 1.82) is 0 Å². The van der Waals surface area contributed by atoms with Crippen molar-refractivity contribution in [2.24, 2.45) is 0 Å². The SMILES string of the molecule is O=C(O)Cn1nccc1C1CCCN(C(=O)c2cccc3ccnn23)C1. The number of fused-ring (bicyclic) bond motifs is 1. The Morgan fingerprint density at radius 3 is 2.85 bits per heavy atom. The van der Waals surface area contributed by atoms with E-state index in [1.807, 2.05) is 29.2 Å². The molecule has 8 heteroatoms. The first-order valence-corrected chi connectivity index (χ1v) is 8.59. The average molecular weight is 353 g/mol. The molecule has 1 aliphatic heterocycles. The summed E-state index contributed by atoms with van der Waals surface area (Å²) in [5.41, 5.74) is 2.28. The number of carbonyl (C=O) groups is 2. The predicted molar refractivity (Wildman–Crippen MR) is 92.9 cm³/mol. The fourth-order valence-electron chi connectivity index (χ4n) is 3.63. The van der Waals surface area contributed by atoms with Gasteiger partial charge in [0.1, 0.15) is 12.2 Å². The lowest BCUT2D eigenvalue weighted by molar-refractivity contribution is -0.137. The summed E-state index contributed by atoms with van der Waals surface area (Å²) in [4.78, 5) is 25.9. The molecule has 1 saturated heterocycles. The minimum atomic E-state index is -0.927. The van der Waals surface area contributed by atoms with Crippen molar-refractivity contribution in [3.05, 3.63) is 54.1 Å². The van der Waals surface area contributed by atoms with E-state index in [-0.39, 0.29) is 18.4 Å². The predicted octanol–water partition coefficient (Wildman–Crippen LogP) is 1.64. The molecule has 4 rings (SSSR count). The number of carboxylic acid groups (broad SMARTS) is 1. The Bertz CT molecular complexity index is 961. The Kier molecular flexibility index (Phi) is 4.16. The second kappa shape index (κ2) is 6.62. The van der Waals surface area contributed by atoms with Crippen LogP contribution in [0.1, 0.15) is 34.9 Å². The molecule has 0 spiro atoms. The highest BCUT2D eigenvalue weighted by molar-refractivity contribution is 5.93. The molecule has 4 heterocycles. The van der Waals surface area contributed by atoms with Gasteiger partial charge in [-0.25, -0.2) is 4.52 Å². The molecular weight excluding hydrogens is 334 g/mol. The van der Waals surface area contributed by atoms with Gasteiger partial charge in [-0.05, 0) is 37.1 Å². The fourth-order valence-corrected chi connectivity index (χ4v) is 3.63. The molecule has 0 bridgehead atoms. The van der Waals surface area contributed by atoms with Gasteiger partial charge in [0, 0.05) is 30.9 Å². The molecular formula is C18H19N5O3. The zero-order valence-electron chi connectivity index (χ0n) is 14.2. The number of aromatic nitrogens is 4. The molecule has 1 amide bonds. The van der Waals surface area contributed by atoms with E-state index in [1.165, 1.54) is 4.68 Å². The Hall–Kier alpha value is -3.16. The van der Waals surface area contributed by atoms with E-state index in [2.05, 4.69) is 10.2 Å². The van der Waals surface area contributed by atoms with E-state index < -0.39 is 5.97 Å². The summed E-state index contributed by atoms with van der Waals surface area (Å²) in [7, 11) is 0. The zero-order valence-corrected chi connectivity index (χ0v) is 14.2. The number of piperidine rings is 1. The maximum absolute atomic E-state index is 13.0. The molecule has 1 N–H and O–H groups in total. The Morgan fingerprint density at radius 1 is 1.15 bits per heavy atom. The number of pyridine rings is 1. The van der Waals surface area contributed by atoms with Crippen LogP contribution in [0.2, 0.25) is 0 Å². The van der Waals surface area contributed by atoms with Crippen LogP contribution in [0.3, 0.4) is 0 Å². The minimum Gasteiger partial charge on any atom is -0.480 e. The van der Waals surface area contributed by atoms with Gasteiger partial charge >= 0.3 is 5.97 Å². The fraction of sp³-hybridized carbons (Fsp3) is 0.333. The van der Waals surface area contributed by atoms with Gasteiger partial charge in [0.25, 0.3) is 5.91 Å². The van der Waals surface area contributed by atoms with Crippen LogP contribution in [-0.4, -0.2) is 54.4 Å². The van der Waals surface area contributed by atoms with E-state index in [1.54, 1.807) is 23.0 Å². The molecule has 1 atom stereocenters. The number of nitrogens with zero attached hydrogens (tertiary/aromatic N) is 5. The van der Waals surface area contributed by atoms with Crippen LogP contribution in [0.4, 0.5) is 0 Å². The molecule has 26 heavy (non-hydrogen) atoms. The third kappa shape index (κ3) is 2.94. The number of carboxylic acids is 1. The molecule has 3 aromatic rings. The first-order chi connectivity index (χ1) is 12.6. The smallest absolute Gasteiger partial charge is 0.325 e. The molecule has 0 aromatic carbocycles. The lowest BCUT2D eigenvalue weighted by atomic mass is 9.94. The first-order valence-electron chi connectivity index (χ1n) is 8.59. The zero-order chi connectivity index (χ0) is 18.1. The van der Waals surface area contributed by atoms with Crippen molar-refractivity contribution < 1.29 is 14.7 Å². The summed E-state index contributed by atoms with van der Waals surface area (Å²) in [5.74, 6) is -0.913. The van der Waals surface area contributed by atoms with Gasteiger partial charge in [-0.3, -0.25) is 14.3 Å². The van der Waals surface area contributed by atoms with Crippen LogP contribution in [0, 0.1) is 0 Å². The Labute approximate surface area is 149 Å². The number of likely N-dealkylation sites (tertiary alicyclic amines) is 1. The number of hydrogen-bond donors (Lipinski definition) is 1. The van der Waals surface area contributed by atoms with Crippen molar-refractivity contribution in [2.75, 3.05) is 13.1 Å². The van der Waals surface area contributed by atoms with Crippen LogP contribution in [0.15, 0.2) is 42.7 Å². The van der Waals surface area contributed by atoms with E-state index >= 15 is 0 Å². The minimum absolute atomic E-state index is 0.0618. The molecule has 1 fully saturated rings. The molecule has 0 radical (unpaired) electrons. The molecule has 3 aromatic heterocycles. The number of aliphatic carboxylic acids is 1. The highest BCUT2D eigenvalue weighted by Crippen LogP contribution is 2.27. The lowest BCUT2D eigenvalue weighted by Crippen LogP contribution is -2.40. The van der Waals surface area contributed by atoms with Crippen LogP contribution in [0.25, 0.3) is 5.52 Å². The number of amides is 1. The number of hydrogen-bond acceptors (Lipinski definition) is 4. The topological polar surface area (TPSA) is 92.7 Å². The third-order valence-corrected chi connectivity index (χ3v) is 4.80. The quantitative estimate of drug-likeness (QED) is 0.770. The van der Waals surface area contributed by atoms with Crippen molar-refractivity contribution in [2.45, 2.75) is 25.3 Å². The first kappa shape index (κ1) is 16.3. The number of rotatable bonds is 4. The Morgan fingerprint density at radius 2 is 2.00 bits per heavy atom. The Balaban J connectivity index is 1.57. The van der Waals surface area contributed by atoms with E-state index in [0.29, 0.717) is 18.8 Å². The largest absolute Gasteiger partial charge is 0.480 e. The van der Waals surface area contributed by atoms with Crippen LogP contribution in [-0.2, 0) is 11.3 Å². The second-order valence-electron chi connectivity index (χ2n) is 6.48. The van der Waals surface area contributed by atoms with E-state index in [4.69, 9.17) is 5.11 Å². The standard InChI is InChI=1S/C18H19N5O3/c24-17(25)12-22-15(7-9-19-22)13-3-2-10-21(11-13)18(26)16-5-1-4-14-6-8-20-23(14)16/h1,4-9,13H,2-3,10-12H2,(H,24,25). The summed E-state index contributed by atoms with van der Waals surface area (Å²) >= 11 is 0. The second-order valence-corrected chi connectivity index (χ2v) is 6.48. The van der Waals surface area contributed by atoms with E-state index in [9.17, 15) is 9.59 Å². The van der Waals surface area contributed by atoms with Gasteiger partial charge < -0.3 is 10.0 Å². The van der Waals surface area contributed by atoms with Gasteiger partial charge in [0.2, 0.25) is 0 Å². The summed E-state index contributed by atoms with van der Waals surface area (Å²) in [6, 6.07) is 9.25. The summed E-state index contributed by atoms with van der Waals surface area (Å²) < 4.78 is 3.16. The molecule has 0 saturated carbocycles. The molecule has 0 aliphatic carbocycles. The normalized spacial score (nSPS) is 17.5. The molecule has 1 unspecified atom stereocenters. The summed E-state index contributed by atoms with van der Waals surface area (Å²) in [6.07, 6.45) is 5.06. The molecule has 8 nitrogen and oxygen atoms in total. The van der Waals surface area contributed by atoms with Crippen molar-refractivity contribution in [1.82, 2.24) is 24.3 Å². The third-order valence-electron chi connectivity index (χ3n) is 4.80. The van der Waals surface area contributed by atoms with Crippen LogP contribution in [0.5, 0.6) is 0 Å². The van der Waals surface area contributed by atoms with Gasteiger partial charge in [0.05, 0.1) is 11.7 Å². The maximum atomic E-state index is 13.0. The summed E-state index contributed by atoms with van der Waals surface area (Å²) in [5, 5.41) is 17.4. The van der Waals surface area contributed by atoms with Gasteiger partial charge in [-0.1, -0.05) is 6.07 Å². The molecule has 134 valence electrons. The average Bonchev–Trinajstić information content (AvgIpc) is 3.29. The van der Waals surface area contributed by atoms with Crippen molar-refractivity contribution in [3.8, 4) is 0 Å².